The van der Waals surface area contributed by atoms with Gasteiger partial charge in [-0.15, -0.1) is 0 Å². The minimum atomic E-state index is -0.175. The Morgan fingerprint density at radius 3 is 2.61 bits per heavy atom. The Labute approximate surface area is 138 Å². The maximum Gasteiger partial charge on any atom is 0.227 e. The lowest BCUT2D eigenvalue weighted by Gasteiger charge is -2.13. The molecule has 0 unspecified atom stereocenters. The van der Waals surface area contributed by atoms with Crippen LogP contribution in [0.3, 0.4) is 0 Å². The molecule has 0 aliphatic rings. The van der Waals surface area contributed by atoms with Crippen LogP contribution in [-0.4, -0.2) is 31.8 Å². The number of rotatable bonds is 7. The van der Waals surface area contributed by atoms with Crippen molar-refractivity contribution in [3.8, 4) is 11.5 Å². The average molecular weight is 340 g/mol. The van der Waals surface area contributed by atoms with Gasteiger partial charge in [0.15, 0.2) is 5.82 Å². The van der Waals surface area contributed by atoms with E-state index in [-0.39, 0.29) is 12.3 Å². The fraction of sp³-hybridized carbons (Fsp3) is 0.333. The zero-order valence-corrected chi connectivity index (χ0v) is 13.9. The van der Waals surface area contributed by atoms with E-state index >= 15 is 0 Å². The number of benzene rings is 1. The van der Waals surface area contributed by atoms with Crippen molar-refractivity contribution in [2.24, 2.45) is 0 Å². The number of carbonyl (C=O) groups excluding carboxylic acids is 1. The Balaban J connectivity index is 1.91. The van der Waals surface area contributed by atoms with E-state index in [1.54, 1.807) is 32.2 Å². The first kappa shape index (κ1) is 17.0. The molecule has 1 aromatic heterocycles. The SMILES string of the molecule is COc1cc(NCCC(=O)Nc2cc(C)on2)c(OC)cc1Cl. The van der Waals surface area contributed by atoms with Gasteiger partial charge in [-0.25, -0.2) is 0 Å². The minimum absolute atomic E-state index is 0.175. The van der Waals surface area contributed by atoms with Crippen LogP contribution >= 0.6 is 11.6 Å². The van der Waals surface area contributed by atoms with Crippen molar-refractivity contribution in [3.63, 3.8) is 0 Å². The van der Waals surface area contributed by atoms with Crippen LogP contribution in [0, 0.1) is 6.92 Å². The number of amides is 1. The molecule has 2 aromatic rings. The van der Waals surface area contributed by atoms with Crippen LogP contribution in [0.15, 0.2) is 22.7 Å². The number of aryl methyl sites for hydroxylation is 1. The minimum Gasteiger partial charge on any atom is -0.495 e. The number of hydrogen-bond acceptors (Lipinski definition) is 6. The lowest BCUT2D eigenvalue weighted by molar-refractivity contribution is -0.116. The second kappa shape index (κ2) is 7.73. The number of ether oxygens (including phenoxy) is 2. The van der Waals surface area contributed by atoms with E-state index < -0.39 is 0 Å². The molecule has 0 radical (unpaired) electrons. The van der Waals surface area contributed by atoms with E-state index in [9.17, 15) is 4.79 Å². The zero-order valence-electron chi connectivity index (χ0n) is 13.1. The van der Waals surface area contributed by atoms with Gasteiger partial charge in [-0.05, 0) is 6.92 Å². The number of aromatic nitrogens is 1. The Morgan fingerprint density at radius 1 is 1.26 bits per heavy atom. The third-order valence-corrected chi connectivity index (χ3v) is 3.33. The number of nitrogens with zero attached hydrogens (tertiary/aromatic N) is 1. The van der Waals surface area contributed by atoms with Crippen molar-refractivity contribution in [1.29, 1.82) is 0 Å². The molecule has 0 saturated heterocycles. The molecular weight excluding hydrogens is 322 g/mol. The quantitative estimate of drug-likeness (QED) is 0.806. The molecule has 124 valence electrons. The van der Waals surface area contributed by atoms with Gasteiger partial charge in [0, 0.05) is 31.2 Å². The summed E-state index contributed by atoms with van der Waals surface area (Å²) in [6, 6.07) is 5.03. The highest BCUT2D eigenvalue weighted by Crippen LogP contribution is 2.35. The first-order valence-corrected chi connectivity index (χ1v) is 7.30. The molecule has 23 heavy (non-hydrogen) atoms. The van der Waals surface area contributed by atoms with Crippen molar-refractivity contribution in [1.82, 2.24) is 5.16 Å². The maximum atomic E-state index is 11.8. The highest BCUT2D eigenvalue weighted by Gasteiger charge is 2.11. The molecule has 0 fully saturated rings. The molecule has 1 heterocycles. The summed E-state index contributed by atoms with van der Waals surface area (Å²) in [5.41, 5.74) is 0.693. The van der Waals surface area contributed by atoms with Crippen LogP contribution in [0.1, 0.15) is 12.2 Å². The van der Waals surface area contributed by atoms with Gasteiger partial charge in [0.05, 0.1) is 24.9 Å². The predicted molar refractivity (Wildman–Crippen MR) is 87.5 cm³/mol. The largest absolute Gasteiger partial charge is 0.495 e. The summed E-state index contributed by atoms with van der Waals surface area (Å²) in [5.74, 6) is 1.96. The summed E-state index contributed by atoms with van der Waals surface area (Å²) in [6.07, 6.45) is 0.250. The van der Waals surface area contributed by atoms with Gasteiger partial charge in [-0.1, -0.05) is 16.8 Å². The van der Waals surface area contributed by atoms with Crippen molar-refractivity contribution in [3.05, 3.63) is 29.0 Å². The summed E-state index contributed by atoms with van der Waals surface area (Å²) in [4.78, 5) is 11.8. The van der Waals surface area contributed by atoms with E-state index in [0.717, 1.165) is 0 Å². The van der Waals surface area contributed by atoms with E-state index in [2.05, 4.69) is 15.8 Å². The first-order valence-electron chi connectivity index (χ1n) is 6.92. The highest BCUT2D eigenvalue weighted by molar-refractivity contribution is 6.32. The van der Waals surface area contributed by atoms with Crippen LogP contribution in [0.25, 0.3) is 0 Å². The molecule has 0 bridgehead atoms. The monoisotopic (exact) mass is 339 g/mol. The molecule has 1 aromatic carbocycles. The van der Waals surface area contributed by atoms with Gasteiger partial charge in [-0.2, -0.15) is 0 Å². The average Bonchev–Trinajstić information content (AvgIpc) is 2.93. The molecular formula is C15H18ClN3O4. The topological polar surface area (TPSA) is 85.6 Å². The van der Waals surface area contributed by atoms with Gasteiger partial charge >= 0.3 is 0 Å². The fourth-order valence-corrected chi connectivity index (χ4v) is 2.17. The normalized spacial score (nSPS) is 10.3. The molecule has 0 atom stereocenters. The Morgan fingerprint density at radius 2 is 2.00 bits per heavy atom. The zero-order chi connectivity index (χ0) is 16.8. The van der Waals surface area contributed by atoms with E-state index in [0.29, 0.717) is 40.3 Å². The molecule has 7 nitrogen and oxygen atoms in total. The fourth-order valence-electron chi connectivity index (χ4n) is 1.94. The molecule has 8 heteroatoms. The smallest absolute Gasteiger partial charge is 0.227 e. The number of carbonyl (C=O) groups is 1. The van der Waals surface area contributed by atoms with Crippen molar-refractivity contribution < 1.29 is 18.8 Å². The van der Waals surface area contributed by atoms with E-state index in [1.807, 2.05) is 0 Å². The maximum absolute atomic E-state index is 11.8. The van der Waals surface area contributed by atoms with Crippen LogP contribution in [0.5, 0.6) is 11.5 Å². The van der Waals surface area contributed by atoms with Crippen LogP contribution in [0.2, 0.25) is 5.02 Å². The summed E-state index contributed by atoms with van der Waals surface area (Å²) in [5, 5.41) is 9.92. The second-order valence-corrected chi connectivity index (χ2v) is 5.14. The first-order chi connectivity index (χ1) is 11.0. The standard InChI is InChI=1S/C15H18ClN3O4/c1-9-6-14(19-23-9)18-15(20)4-5-17-11-8-12(21-2)10(16)7-13(11)22-3/h6-8,17H,4-5H2,1-3H3,(H,18,19,20). The van der Waals surface area contributed by atoms with Crippen LogP contribution in [-0.2, 0) is 4.79 Å². The summed E-state index contributed by atoms with van der Waals surface area (Å²) in [6.45, 7) is 2.16. The lowest BCUT2D eigenvalue weighted by Crippen LogP contribution is -2.16. The third-order valence-electron chi connectivity index (χ3n) is 3.04. The number of halogens is 1. The van der Waals surface area contributed by atoms with Gasteiger partial charge in [0.1, 0.15) is 17.3 Å². The lowest BCUT2D eigenvalue weighted by atomic mass is 10.2. The van der Waals surface area contributed by atoms with Gasteiger partial charge in [-0.3, -0.25) is 4.79 Å². The molecule has 1 amide bonds. The van der Waals surface area contributed by atoms with E-state index in [1.165, 1.54) is 7.11 Å². The van der Waals surface area contributed by atoms with E-state index in [4.69, 9.17) is 25.6 Å². The van der Waals surface area contributed by atoms with Crippen molar-refractivity contribution >= 4 is 29.0 Å². The Hall–Kier alpha value is -2.41. The summed E-state index contributed by atoms with van der Waals surface area (Å²) >= 11 is 6.04. The van der Waals surface area contributed by atoms with Crippen molar-refractivity contribution in [2.75, 3.05) is 31.4 Å². The number of anilines is 2. The molecule has 0 saturated carbocycles. The number of hydrogen-bond donors (Lipinski definition) is 2. The molecule has 0 spiro atoms. The summed E-state index contributed by atoms with van der Waals surface area (Å²) in [7, 11) is 3.08. The van der Waals surface area contributed by atoms with Gasteiger partial charge < -0.3 is 24.6 Å². The molecule has 2 N–H and O–H groups in total. The van der Waals surface area contributed by atoms with Crippen LogP contribution in [0.4, 0.5) is 11.5 Å². The number of methoxy groups -OCH3 is 2. The van der Waals surface area contributed by atoms with Crippen molar-refractivity contribution in [2.45, 2.75) is 13.3 Å². The Kier molecular flexibility index (Phi) is 5.70. The Bertz CT molecular complexity index is 687. The number of nitrogens with one attached hydrogen (secondary N) is 2. The highest BCUT2D eigenvalue weighted by atomic mass is 35.5. The predicted octanol–water partition coefficient (Wildman–Crippen LogP) is 3.09. The van der Waals surface area contributed by atoms with Crippen LogP contribution < -0.4 is 20.1 Å². The third kappa shape index (κ3) is 4.53. The molecule has 2 rings (SSSR count). The second-order valence-electron chi connectivity index (χ2n) is 4.73. The summed E-state index contributed by atoms with van der Waals surface area (Å²) < 4.78 is 15.3. The molecule has 0 aliphatic heterocycles. The van der Waals surface area contributed by atoms with Gasteiger partial charge in [0.25, 0.3) is 0 Å². The van der Waals surface area contributed by atoms with Gasteiger partial charge in [0.2, 0.25) is 5.91 Å². The molecule has 0 aliphatic carbocycles.